The summed E-state index contributed by atoms with van der Waals surface area (Å²) in [6.07, 6.45) is 3.85. The number of hydrogen-bond donors (Lipinski definition) is 1. The van der Waals surface area contributed by atoms with Gasteiger partial charge in [0.25, 0.3) is 0 Å². The van der Waals surface area contributed by atoms with Crippen LogP contribution in [-0.4, -0.2) is 43.2 Å². The summed E-state index contributed by atoms with van der Waals surface area (Å²) in [5.41, 5.74) is 1.17. The van der Waals surface area contributed by atoms with Crippen molar-refractivity contribution in [2.24, 2.45) is 0 Å². The minimum absolute atomic E-state index is 0. The lowest BCUT2D eigenvalue weighted by Gasteiger charge is -2.33. The van der Waals surface area contributed by atoms with E-state index >= 15 is 0 Å². The van der Waals surface area contributed by atoms with Gasteiger partial charge in [0.2, 0.25) is 5.88 Å². The number of ether oxygens (including phenoxy) is 1. The fraction of sp³-hybridized carbons (Fsp3) is 0.462. The standard InChI is InChI=1S/C13H19N3O.2ClH/c1-3-12(16-8-6-14-7-9-16)11-4-5-13(17-2)15-10-11;;/h3-5,10,12,14H,1,6-9H2,2H3;2*1H/t12-;;/m0../s1. The topological polar surface area (TPSA) is 37.4 Å². The Morgan fingerprint density at radius 3 is 2.53 bits per heavy atom. The summed E-state index contributed by atoms with van der Waals surface area (Å²) in [5.74, 6) is 0.650. The van der Waals surface area contributed by atoms with E-state index in [9.17, 15) is 0 Å². The van der Waals surface area contributed by atoms with Crippen molar-refractivity contribution in [1.82, 2.24) is 15.2 Å². The summed E-state index contributed by atoms with van der Waals surface area (Å²) < 4.78 is 5.07. The summed E-state index contributed by atoms with van der Waals surface area (Å²) in [4.78, 5) is 6.66. The van der Waals surface area contributed by atoms with E-state index in [-0.39, 0.29) is 30.9 Å². The molecule has 108 valence electrons. The van der Waals surface area contributed by atoms with Crippen LogP contribution >= 0.6 is 24.8 Å². The molecule has 2 heterocycles. The Balaban J connectivity index is 0.00000162. The van der Waals surface area contributed by atoms with E-state index in [4.69, 9.17) is 4.74 Å². The van der Waals surface area contributed by atoms with Gasteiger partial charge in [-0.15, -0.1) is 31.4 Å². The lowest BCUT2D eigenvalue weighted by Crippen LogP contribution is -2.44. The average molecular weight is 306 g/mol. The van der Waals surface area contributed by atoms with Crippen molar-refractivity contribution in [3.05, 3.63) is 36.5 Å². The largest absolute Gasteiger partial charge is 0.481 e. The van der Waals surface area contributed by atoms with E-state index in [1.165, 1.54) is 5.56 Å². The van der Waals surface area contributed by atoms with Gasteiger partial charge in [0.1, 0.15) is 0 Å². The third-order valence-corrected chi connectivity index (χ3v) is 3.08. The van der Waals surface area contributed by atoms with Gasteiger partial charge in [0, 0.05) is 38.4 Å². The van der Waals surface area contributed by atoms with Gasteiger partial charge in [0.15, 0.2) is 0 Å². The van der Waals surface area contributed by atoms with Gasteiger partial charge < -0.3 is 10.1 Å². The summed E-state index contributed by atoms with van der Waals surface area (Å²) in [6, 6.07) is 4.20. The Hall–Kier alpha value is -0.810. The maximum atomic E-state index is 5.07. The van der Waals surface area contributed by atoms with Crippen LogP contribution in [0, 0.1) is 0 Å². The molecule has 0 spiro atoms. The summed E-state index contributed by atoms with van der Waals surface area (Å²) in [5, 5.41) is 3.35. The van der Waals surface area contributed by atoms with Crippen molar-refractivity contribution >= 4 is 24.8 Å². The van der Waals surface area contributed by atoms with E-state index in [0.29, 0.717) is 5.88 Å². The fourth-order valence-electron chi connectivity index (χ4n) is 2.14. The Labute approximate surface area is 127 Å². The quantitative estimate of drug-likeness (QED) is 0.864. The molecule has 1 aliphatic rings. The van der Waals surface area contributed by atoms with E-state index in [0.717, 1.165) is 26.2 Å². The second-order valence-corrected chi connectivity index (χ2v) is 4.10. The second-order valence-electron chi connectivity index (χ2n) is 4.10. The van der Waals surface area contributed by atoms with Gasteiger partial charge in [-0.3, -0.25) is 4.90 Å². The summed E-state index contributed by atoms with van der Waals surface area (Å²) >= 11 is 0. The molecule has 2 rings (SSSR count). The monoisotopic (exact) mass is 305 g/mol. The average Bonchev–Trinajstić information content (AvgIpc) is 2.42. The zero-order valence-electron chi connectivity index (χ0n) is 11.0. The zero-order chi connectivity index (χ0) is 12.1. The SMILES string of the molecule is C=C[C@@H](c1ccc(OC)nc1)N1CCNCC1.Cl.Cl. The first-order valence-electron chi connectivity index (χ1n) is 5.92. The molecule has 0 bridgehead atoms. The highest BCUT2D eigenvalue weighted by Crippen LogP contribution is 2.22. The lowest BCUT2D eigenvalue weighted by molar-refractivity contribution is 0.203. The Kier molecular flexibility index (Phi) is 8.76. The molecule has 0 aromatic carbocycles. The van der Waals surface area contributed by atoms with Crippen LogP contribution in [0.3, 0.4) is 0 Å². The van der Waals surface area contributed by atoms with Gasteiger partial charge in [-0.2, -0.15) is 0 Å². The number of halogens is 2. The number of nitrogens with zero attached hydrogens (tertiary/aromatic N) is 2. The predicted octanol–water partition coefficient (Wildman–Crippen LogP) is 2.07. The molecule has 0 aliphatic carbocycles. The van der Waals surface area contributed by atoms with Crippen molar-refractivity contribution in [3.8, 4) is 5.88 Å². The number of piperazine rings is 1. The van der Waals surface area contributed by atoms with Crippen molar-refractivity contribution in [3.63, 3.8) is 0 Å². The first-order chi connectivity index (χ1) is 8.35. The van der Waals surface area contributed by atoms with Crippen LogP contribution in [0.1, 0.15) is 11.6 Å². The highest BCUT2D eigenvalue weighted by molar-refractivity contribution is 5.85. The summed E-state index contributed by atoms with van der Waals surface area (Å²) in [7, 11) is 1.63. The number of hydrogen-bond acceptors (Lipinski definition) is 4. The van der Waals surface area contributed by atoms with Crippen LogP contribution in [0.2, 0.25) is 0 Å². The number of rotatable bonds is 4. The van der Waals surface area contributed by atoms with Crippen molar-refractivity contribution in [2.45, 2.75) is 6.04 Å². The van der Waals surface area contributed by atoms with Crippen LogP contribution in [0.4, 0.5) is 0 Å². The third-order valence-electron chi connectivity index (χ3n) is 3.08. The third kappa shape index (κ3) is 4.66. The first-order valence-corrected chi connectivity index (χ1v) is 5.92. The van der Waals surface area contributed by atoms with Crippen LogP contribution in [0.25, 0.3) is 0 Å². The molecular formula is C13H21Cl2N3O. The number of aromatic nitrogens is 1. The molecule has 1 saturated heterocycles. The number of methoxy groups -OCH3 is 1. The highest BCUT2D eigenvalue weighted by Gasteiger charge is 2.19. The zero-order valence-corrected chi connectivity index (χ0v) is 12.7. The fourth-order valence-corrected chi connectivity index (χ4v) is 2.14. The molecule has 1 fully saturated rings. The van der Waals surface area contributed by atoms with Crippen molar-refractivity contribution in [1.29, 1.82) is 0 Å². The highest BCUT2D eigenvalue weighted by atomic mass is 35.5. The normalized spacial score (nSPS) is 16.7. The Morgan fingerprint density at radius 1 is 1.37 bits per heavy atom. The Morgan fingerprint density at radius 2 is 2.05 bits per heavy atom. The lowest BCUT2D eigenvalue weighted by atomic mass is 10.1. The van der Waals surface area contributed by atoms with E-state index < -0.39 is 0 Å². The van der Waals surface area contributed by atoms with E-state index in [2.05, 4.69) is 27.8 Å². The minimum Gasteiger partial charge on any atom is -0.481 e. The molecule has 1 N–H and O–H groups in total. The molecule has 1 aromatic heterocycles. The predicted molar refractivity (Wildman–Crippen MR) is 82.7 cm³/mol. The van der Waals surface area contributed by atoms with Crippen LogP contribution in [0.5, 0.6) is 5.88 Å². The van der Waals surface area contributed by atoms with Crippen LogP contribution in [-0.2, 0) is 0 Å². The van der Waals surface area contributed by atoms with Crippen molar-refractivity contribution in [2.75, 3.05) is 33.3 Å². The number of nitrogens with one attached hydrogen (secondary N) is 1. The molecule has 4 nitrogen and oxygen atoms in total. The molecule has 19 heavy (non-hydrogen) atoms. The molecule has 0 saturated carbocycles. The van der Waals surface area contributed by atoms with Gasteiger partial charge >= 0.3 is 0 Å². The molecule has 6 heteroatoms. The molecule has 1 aliphatic heterocycles. The van der Waals surface area contributed by atoms with Crippen LogP contribution < -0.4 is 10.1 Å². The molecular weight excluding hydrogens is 285 g/mol. The van der Waals surface area contributed by atoms with Gasteiger partial charge in [0.05, 0.1) is 13.2 Å². The minimum atomic E-state index is 0. The molecule has 1 aromatic rings. The molecule has 1 atom stereocenters. The molecule has 0 unspecified atom stereocenters. The maximum absolute atomic E-state index is 5.07. The summed E-state index contributed by atoms with van der Waals surface area (Å²) in [6.45, 7) is 8.09. The Bertz CT molecular complexity index is 367. The van der Waals surface area contributed by atoms with Gasteiger partial charge in [-0.1, -0.05) is 12.1 Å². The molecule has 0 radical (unpaired) electrons. The first kappa shape index (κ1) is 18.2. The second kappa shape index (κ2) is 9.15. The van der Waals surface area contributed by atoms with Crippen LogP contribution in [0.15, 0.2) is 31.0 Å². The van der Waals surface area contributed by atoms with Gasteiger partial charge in [-0.05, 0) is 5.56 Å². The number of pyridine rings is 1. The van der Waals surface area contributed by atoms with Gasteiger partial charge in [-0.25, -0.2) is 4.98 Å². The van der Waals surface area contributed by atoms with E-state index in [1.54, 1.807) is 7.11 Å². The maximum Gasteiger partial charge on any atom is 0.212 e. The smallest absolute Gasteiger partial charge is 0.212 e. The van der Waals surface area contributed by atoms with Crippen molar-refractivity contribution < 1.29 is 4.74 Å². The molecule has 0 amide bonds. The van der Waals surface area contributed by atoms with E-state index in [1.807, 2.05) is 18.3 Å².